The van der Waals surface area contributed by atoms with Crippen LogP contribution in [0.5, 0.6) is 0 Å². The van der Waals surface area contributed by atoms with Gasteiger partial charge in [-0.3, -0.25) is 0 Å². The van der Waals surface area contributed by atoms with Gasteiger partial charge in [0.15, 0.2) is 0 Å². The summed E-state index contributed by atoms with van der Waals surface area (Å²) in [7, 11) is 0. The summed E-state index contributed by atoms with van der Waals surface area (Å²) in [6.07, 6.45) is 10.1. The van der Waals surface area contributed by atoms with Gasteiger partial charge in [0.25, 0.3) is 0 Å². The summed E-state index contributed by atoms with van der Waals surface area (Å²) in [5.74, 6) is 2.05. The van der Waals surface area contributed by atoms with Gasteiger partial charge in [0.1, 0.15) is 0 Å². The van der Waals surface area contributed by atoms with Gasteiger partial charge in [-0.2, -0.15) is 0 Å². The molecule has 0 bridgehead atoms. The molecule has 1 aromatic carbocycles. The van der Waals surface area contributed by atoms with Crippen LogP contribution in [0.2, 0.25) is 0 Å². The lowest BCUT2D eigenvalue weighted by Gasteiger charge is -2.40. The van der Waals surface area contributed by atoms with E-state index in [2.05, 4.69) is 53.0 Å². The fraction of sp³-hybridized carbons (Fsp3) is 0.647. The van der Waals surface area contributed by atoms with Crippen LogP contribution in [0.3, 0.4) is 0 Å². The van der Waals surface area contributed by atoms with Gasteiger partial charge in [0.2, 0.25) is 0 Å². The molecular formula is C17H24IN. The quantitative estimate of drug-likeness (QED) is 0.691. The molecule has 1 nitrogen and oxygen atoms in total. The number of hydrogen-bond donors (Lipinski definition) is 1. The Morgan fingerprint density at radius 1 is 1.05 bits per heavy atom. The van der Waals surface area contributed by atoms with Gasteiger partial charge in [-0.1, -0.05) is 25.7 Å². The Bertz CT molecular complexity index is 443. The zero-order valence-corrected chi connectivity index (χ0v) is 13.9. The van der Waals surface area contributed by atoms with Crippen LogP contribution in [0.4, 0.5) is 5.69 Å². The smallest absolute Gasteiger partial charge is 0.0372 e. The second-order valence-corrected chi connectivity index (χ2v) is 7.66. The highest BCUT2D eigenvalue weighted by Crippen LogP contribution is 2.41. The highest BCUT2D eigenvalue weighted by Gasteiger charge is 2.32. The average molecular weight is 369 g/mol. The number of anilines is 1. The van der Waals surface area contributed by atoms with E-state index in [9.17, 15) is 0 Å². The first-order chi connectivity index (χ1) is 9.22. The molecule has 1 N–H and O–H groups in total. The number of halogens is 1. The van der Waals surface area contributed by atoms with Gasteiger partial charge >= 0.3 is 0 Å². The number of benzene rings is 1. The summed E-state index contributed by atoms with van der Waals surface area (Å²) in [5.41, 5.74) is 2.73. The molecule has 3 unspecified atom stereocenters. The van der Waals surface area contributed by atoms with Crippen molar-refractivity contribution in [2.24, 2.45) is 11.8 Å². The molecule has 2 aliphatic rings. The average Bonchev–Trinajstić information content (AvgIpc) is 2.42. The molecule has 0 saturated heterocycles. The molecule has 19 heavy (non-hydrogen) atoms. The molecule has 2 aliphatic carbocycles. The summed E-state index contributed by atoms with van der Waals surface area (Å²) >= 11 is 2.39. The zero-order chi connectivity index (χ0) is 13.2. The maximum atomic E-state index is 3.81. The van der Waals surface area contributed by atoms with E-state index in [0.717, 1.165) is 11.8 Å². The molecule has 104 valence electrons. The highest BCUT2D eigenvalue weighted by atomic mass is 127. The van der Waals surface area contributed by atoms with Crippen molar-refractivity contribution in [1.82, 2.24) is 0 Å². The first-order valence-corrected chi connectivity index (χ1v) is 8.83. The normalized spacial score (nSPS) is 30.7. The van der Waals surface area contributed by atoms with Crippen molar-refractivity contribution in [3.05, 3.63) is 27.3 Å². The summed E-state index contributed by atoms with van der Waals surface area (Å²) in [6, 6.07) is 7.44. The molecular weight excluding hydrogens is 345 g/mol. The fourth-order valence-electron chi connectivity index (χ4n) is 4.01. The fourth-order valence-corrected chi connectivity index (χ4v) is 4.66. The maximum absolute atomic E-state index is 3.81. The molecule has 0 amide bonds. The van der Waals surface area contributed by atoms with E-state index in [1.54, 1.807) is 0 Å². The van der Waals surface area contributed by atoms with Crippen LogP contribution in [0.1, 0.15) is 50.5 Å². The lowest BCUT2D eigenvalue weighted by molar-refractivity contribution is 0.162. The van der Waals surface area contributed by atoms with E-state index in [0.29, 0.717) is 6.04 Å². The molecule has 0 aliphatic heterocycles. The molecule has 0 aromatic heterocycles. The van der Waals surface area contributed by atoms with Crippen molar-refractivity contribution in [1.29, 1.82) is 0 Å². The summed E-state index contributed by atoms with van der Waals surface area (Å²) < 4.78 is 1.33. The Balaban J connectivity index is 1.64. The van der Waals surface area contributed by atoms with Gasteiger partial charge < -0.3 is 5.32 Å². The van der Waals surface area contributed by atoms with Gasteiger partial charge in [0.05, 0.1) is 0 Å². The third-order valence-corrected chi connectivity index (χ3v) is 5.76. The number of aryl methyl sites for hydroxylation is 1. The van der Waals surface area contributed by atoms with Crippen LogP contribution in [-0.2, 0) is 0 Å². The lowest BCUT2D eigenvalue weighted by Crippen LogP contribution is -2.34. The Morgan fingerprint density at radius 2 is 1.84 bits per heavy atom. The zero-order valence-electron chi connectivity index (χ0n) is 11.8. The van der Waals surface area contributed by atoms with E-state index < -0.39 is 0 Å². The van der Waals surface area contributed by atoms with Crippen molar-refractivity contribution in [3.63, 3.8) is 0 Å². The Hall–Kier alpha value is -0.250. The van der Waals surface area contributed by atoms with Gasteiger partial charge in [-0.15, -0.1) is 0 Å². The van der Waals surface area contributed by atoms with E-state index in [-0.39, 0.29) is 0 Å². The van der Waals surface area contributed by atoms with Crippen molar-refractivity contribution >= 4 is 28.3 Å². The summed E-state index contributed by atoms with van der Waals surface area (Å²) in [4.78, 5) is 0. The molecule has 2 heteroatoms. The highest BCUT2D eigenvalue weighted by molar-refractivity contribution is 14.1. The molecule has 0 radical (unpaired) electrons. The van der Waals surface area contributed by atoms with Crippen LogP contribution < -0.4 is 5.32 Å². The molecule has 1 aromatic rings. The minimum absolute atomic E-state index is 0.707. The Kier molecular flexibility index (Phi) is 4.35. The third kappa shape index (κ3) is 3.26. The van der Waals surface area contributed by atoms with Crippen molar-refractivity contribution in [3.8, 4) is 0 Å². The second kappa shape index (κ2) is 6.02. The molecule has 0 spiro atoms. The van der Waals surface area contributed by atoms with Gasteiger partial charge in [-0.25, -0.2) is 0 Å². The third-order valence-electron chi connectivity index (χ3n) is 5.09. The lowest BCUT2D eigenvalue weighted by atomic mass is 9.69. The number of hydrogen-bond acceptors (Lipinski definition) is 1. The van der Waals surface area contributed by atoms with Crippen LogP contribution in [0.15, 0.2) is 18.2 Å². The number of rotatable bonds is 2. The summed E-state index contributed by atoms with van der Waals surface area (Å²) in [5, 5.41) is 3.81. The van der Waals surface area contributed by atoms with E-state index in [4.69, 9.17) is 0 Å². The molecule has 2 saturated carbocycles. The van der Waals surface area contributed by atoms with Crippen LogP contribution in [0, 0.1) is 22.3 Å². The van der Waals surface area contributed by atoms with E-state index in [1.165, 1.54) is 59.8 Å². The predicted octanol–water partition coefficient (Wildman–Crippen LogP) is 5.37. The predicted molar refractivity (Wildman–Crippen MR) is 90.6 cm³/mol. The molecule has 3 atom stereocenters. The van der Waals surface area contributed by atoms with Crippen molar-refractivity contribution < 1.29 is 0 Å². The maximum Gasteiger partial charge on any atom is 0.0372 e. The molecule has 0 heterocycles. The standard InChI is InChI=1S/C17H24IN/c1-12-10-15(18)7-9-17(12)19-16-8-6-13-4-2-3-5-14(13)11-16/h7,9-10,13-14,16,19H,2-6,8,11H2,1H3. The van der Waals surface area contributed by atoms with E-state index in [1.807, 2.05) is 0 Å². The number of fused-ring (bicyclic) bond motifs is 1. The minimum Gasteiger partial charge on any atom is -0.382 e. The Morgan fingerprint density at radius 3 is 2.63 bits per heavy atom. The van der Waals surface area contributed by atoms with Crippen LogP contribution in [0.25, 0.3) is 0 Å². The minimum atomic E-state index is 0.707. The van der Waals surface area contributed by atoms with Crippen LogP contribution in [-0.4, -0.2) is 6.04 Å². The molecule has 3 rings (SSSR count). The largest absolute Gasteiger partial charge is 0.382 e. The van der Waals surface area contributed by atoms with Gasteiger partial charge in [-0.05, 0) is 84.4 Å². The molecule has 2 fully saturated rings. The monoisotopic (exact) mass is 369 g/mol. The van der Waals surface area contributed by atoms with Gasteiger partial charge in [0, 0.05) is 15.3 Å². The van der Waals surface area contributed by atoms with Crippen molar-refractivity contribution in [2.45, 2.75) is 57.9 Å². The topological polar surface area (TPSA) is 12.0 Å². The first kappa shape index (κ1) is 13.7. The first-order valence-electron chi connectivity index (χ1n) is 7.75. The van der Waals surface area contributed by atoms with Crippen LogP contribution >= 0.6 is 22.6 Å². The Labute approximate surface area is 130 Å². The summed E-state index contributed by atoms with van der Waals surface area (Å²) in [6.45, 7) is 2.22. The van der Waals surface area contributed by atoms with Crippen molar-refractivity contribution in [2.75, 3.05) is 5.32 Å². The number of nitrogens with one attached hydrogen (secondary N) is 1. The second-order valence-electron chi connectivity index (χ2n) is 6.42. The van der Waals surface area contributed by atoms with E-state index >= 15 is 0 Å². The SMILES string of the molecule is Cc1cc(I)ccc1NC1CCC2CCCCC2C1.